The van der Waals surface area contributed by atoms with Gasteiger partial charge in [-0.15, -0.1) is 11.3 Å². The van der Waals surface area contributed by atoms with E-state index in [1.54, 1.807) is 30.1 Å². The van der Waals surface area contributed by atoms with Crippen LogP contribution in [-0.2, 0) is 13.2 Å². The number of nitrogens with zero attached hydrogens (tertiary/aromatic N) is 4. The van der Waals surface area contributed by atoms with Gasteiger partial charge in [-0.2, -0.15) is 13.2 Å². The monoisotopic (exact) mass is 465 g/mol. The molecule has 3 aromatic heterocycles. The van der Waals surface area contributed by atoms with Crippen molar-refractivity contribution in [2.24, 2.45) is 7.05 Å². The SMILES string of the molecule is Cc1cc2nc(-c3cccc(C(F)(F)F)c3)n(C)c2cc1Nc1nc(-c2cccnc2)cs1. The standard InChI is InChI=1S/C24H18F3N5S/c1-14-9-19-21(32(2)22(29-19)15-5-3-7-17(10-15)24(25,26)27)11-18(14)30-23-31-20(13-33-23)16-6-4-8-28-12-16/h3-13H,1-2H3,(H,30,31). The van der Waals surface area contributed by atoms with Crippen LogP contribution >= 0.6 is 11.3 Å². The molecule has 0 saturated heterocycles. The van der Waals surface area contributed by atoms with Gasteiger partial charge in [-0.25, -0.2) is 9.97 Å². The Hall–Kier alpha value is -3.72. The molecule has 0 atom stereocenters. The number of anilines is 2. The number of halogens is 3. The Morgan fingerprint density at radius 2 is 1.82 bits per heavy atom. The summed E-state index contributed by atoms with van der Waals surface area (Å²) in [6.07, 6.45) is -0.924. The average molecular weight is 466 g/mol. The fourth-order valence-corrected chi connectivity index (χ4v) is 4.40. The van der Waals surface area contributed by atoms with Crippen molar-refractivity contribution in [3.8, 4) is 22.6 Å². The molecule has 0 radical (unpaired) electrons. The van der Waals surface area contributed by atoms with Crippen molar-refractivity contribution in [1.82, 2.24) is 19.5 Å². The molecule has 5 rings (SSSR count). The third-order valence-corrected chi connectivity index (χ3v) is 6.14. The summed E-state index contributed by atoms with van der Waals surface area (Å²) in [6.45, 7) is 1.95. The molecule has 0 unspecified atom stereocenters. The molecule has 0 aliphatic rings. The smallest absolute Gasteiger partial charge is 0.331 e. The number of fused-ring (bicyclic) bond motifs is 1. The van der Waals surface area contributed by atoms with E-state index in [1.165, 1.54) is 17.4 Å². The molecule has 0 saturated carbocycles. The van der Waals surface area contributed by atoms with Crippen LogP contribution in [0.4, 0.5) is 24.0 Å². The number of hydrogen-bond donors (Lipinski definition) is 1. The summed E-state index contributed by atoms with van der Waals surface area (Å²) in [7, 11) is 1.80. The van der Waals surface area contributed by atoms with Crippen LogP contribution in [0.5, 0.6) is 0 Å². The third-order valence-electron chi connectivity index (χ3n) is 5.38. The highest BCUT2D eigenvalue weighted by Gasteiger charge is 2.30. The zero-order chi connectivity index (χ0) is 23.2. The van der Waals surface area contributed by atoms with E-state index in [0.717, 1.165) is 45.3 Å². The Morgan fingerprint density at radius 1 is 1.00 bits per heavy atom. The average Bonchev–Trinajstić information content (AvgIpc) is 3.39. The van der Waals surface area contributed by atoms with Crippen LogP contribution in [0.1, 0.15) is 11.1 Å². The molecule has 0 fully saturated rings. The highest BCUT2D eigenvalue weighted by atomic mass is 32.1. The van der Waals surface area contributed by atoms with E-state index in [-0.39, 0.29) is 0 Å². The summed E-state index contributed by atoms with van der Waals surface area (Å²) in [6, 6.07) is 12.9. The number of aryl methyl sites for hydroxylation is 2. The summed E-state index contributed by atoms with van der Waals surface area (Å²) in [5, 5.41) is 6.05. The molecule has 5 nitrogen and oxygen atoms in total. The van der Waals surface area contributed by atoms with Crippen LogP contribution in [0.2, 0.25) is 0 Å². The Morgan fingerprint density at radius 3 is 2.58 bits per heavy atom. The molecule has 0 amide bonds. The third kappa shape index (κ3) is 4.07. The van der Waals surface area contributed by atoms with Crippen molar-refractivity contribution in [3.05, 3.63) is 77.4 Å². The van der Waals surface area contributed by atoms with Gasteiger partial charge < -0.3 is 9.88 Å². The predicted molar refractivity (Wildman–Crippen MR) is 125 cm³/mol. The number of thiazole rings is 1. The molecule has 33 heavy (non-hydrogen) atoms. The number of benzene rings is 2. The van der Waals surface area contributed by atoms with Gasteiger partial charge in [0.25, 0.3) is 0 Å². The van der Waals surface area contributed by atoms with Crippen molar-refractivity contribution >= 4 is 33.2 Å². The highest BCUT2D eigenvalue weighted by Crippen LogP contribution is 2.34. The maximum Gasteiger partial charge on any atom is 0.416 e. The molecule has 0 aliphatic heterocycles. The van der Waals surface area contributed by atoms with Crippen LogP contribution in [-0.4, -0.2) is 19.5 Å². The quantitative estimate of drug-likeness (QED) is 0.316. The van der Waals surface area contributed by atoms with Gasteiger partial charge in [0, 0.05) is 41.6 Å². The Kier molecular flexibility index (Phi) is 5.13. The van der Waals surface area contributed by atoms with E-state index < -0.39 is 11.7 Å². The highest BCUT2D eigenvalue weighted by molar-refractivity contribution is 7.14. The molecule has 166 valence electrons. The maximum atomic E-state index is 13.2. The lowest BCUT2D eigenvalue weighted by atomic mass is 10.1. The minimum absolute atomic E-state index is 0.414. The number of imidazole rings is 1. The first-order valence-corrected chi connectivity index (χ1v) is 11.0. The number of hydrogen-bond acceptors (Lipinski definition) is 5. The molecule has 0 bridgehead atoms. The first-order chi connectivity index (χ1) is 15.8. The Bertz CT molecular complexity index is 1450. The van der Waals surface area contributed by atoms with Gasteiger partial charge in [-0.3, -0.25) is 4.98 Å². The number of rotatable bonds is 4. The van der Waals surface area contributed by atoms with Crippen molar-refractivity contribution in [2.45, 2.75) is 13.1 Å². The van der Waals surface area contributed by atoms with Crippen LogP contribution in [0, 0.1) is 6.92 Å². The first-order valence-electron chi connectivity index (χ1n) is 10.1. The molecular formula is C24H18F3N5S. The van der Waals surface area contributed by atoms with E-state index in [1.807, 2.05) is 36.6 Å². The largest absolute Gasteiger partial charge is 0.416 e. The molecule has 2 aromatic carbocycles. The number of nitrogens with one attached hydrogen (secondary N) is 1. The van der Waals surface area contributed by atoms with Crippen LogP contribution in [0.3, 0.4) is 0 Å². The molecule has 9 heteroatoms. The minimum Gasteiger partial charge on any atom is -0.331 e. The summed E-state index contributed by atoms with van der Waals surface area (Å²) in [5.74, 6) is 0.473. The second kappa shape index (κ2) is 8.00. The van der Waals surface area contributed by atoms with Gasteiger partial charge >= 0.3 is 6.18 Å². The second-order valence-corrected chi connectivity index (χ2v) is 8.49. The van der Waals surface area contributed by atoms with E-state index in [0.29, 0.717) is 16.9 Å². The topological polar surface area (TPSA) is 55.6 Å². The fraction of sp³-hybridized carbons (Fsp3) is 0.125. The van der Waals surface area contributed by atoms with Gasteiger partial charge in [0.1, 0.15) is 5.82 Å². The summed E-state index contributed by atoms with van der Waals surface area (Å²) in [5.41, 5.74) is 4.81. The molecule has 3 heterocycles. The predicted octanol–water partition coefficient (Wildman–Crippen LogP) is 6.83. The van der Waals surface area contributed by atoms with Crippen LogP contribution in [0.25, 0.3) is 33.7 Å². The zero-order valence-electron chi connectivity index (χ0n) is 17.7. The van der Waals surface area contributed by atoms with E-state index in [2.05, 4.69) is 20.3 Å². The molecule has 0 spiro atoms. The van der Waals surface area contributed by atoms with Crippen molar-refractivity contribution in [3.63, 3.8) is 0 Å². The van der Waals surface area contributed by atoms with Gasteiger partial charge in [0.05, 0.1) is 22.3 Å². The Labute approximate surface area is 191 Å². The summed E-state index contributed by atoms with van der Waals surface area (Å²) >= 11 is 1.48. The molecular weight excluding hydrogens is 447 g/mol. The van der Waals surface area contributed by atoms with Gasteiger partial charge in [0.2, 0.25) is 0 Å². The minimum atomic E-state index is -4.41. The molecule has 0 aliphatic carbocycles. The zero-order valence-corrected chi connectivity index (χ0v) is 18.5. The Balaban J connectivity index is 1.50. The van der Waals surface area contributed by atoms with Crippen LogP contribution in [0.15, 0.2) is 66.3 Å². The number of pyridine rings is 1. The number of aromatic nitrogens is 4. The summed E-state index contributed by atoms with van der Waals surface area (Å²) < 4.78 is 41.3. The van der Waals surface area contributed by atoms with Gasteiger partial charge in [-0.05, 0) is 48.9 Å². The van der Waals surface area contributed by atoms with Crippen LogP contribution < -0.4 is 5.32 Å². The van der Waals surface area contributed by atoms with E-state index >= 15 is 0 Å². The van der Waals surface area contributed by atoms with Gasteiger partial charge in [0.15, 0.2) is 5.13 Å². The first kappa shape index (κ1) is 21.1. The summed E-state index contributed by atoms with van der Waals surface area (Å²) in [4.78, 5) is 13.4. The fourth-order valence-electron chi connectivity index (χ4n) is 3.66. The molecule has 1 N–H and O–H groups in total. The lowest BCUT2D eigenvalue weighted by Gasteiger charge is -2.09. The number of alkyl halides is 3. The van der Waals surface area contributed by atoms with Gasteiger partial charge in [-0.1, -0.05) is 12.1 Å². The maximum absolute atomic E-state index is 13.2. The second-order valence-electron chi connectivity index (χ2n) is 7.63. The normalized spacial score (nSPS) is 11.8. The van der Waals surface area contributed by atoms with Crippen molar-refractivity contribution < 1.29 is 13.2 Å². The molecule has 5 aromatic rings. The lowest BCUT2D eigenvalue weighted by Crippen LogP contribution is -2.05. The lowest BCUT2D eigenvalue weighted by molar-refractivity contribution is -0.137. The van der Waals surface area contributed by atoms with E-state index in [9.17, 15) is 13.2 Å². The van der Waals surface area contributed by atoms with Crippen molar-refractivity contribution in [1.29, 1.82) is 0 Å². The van der Waals surface area contributed by atoms with Crippen molar-refractivity contribution in [2.75, 3.05) is 5.32 Å². The van der Waals surface area contributed by atoms with E-state index in [4.69, 9.17) is 0 Å².